The van der Waals surface area contributed by atoms with Crippen molar-refractivity contribution in [2.45, 2.75) is 32.9 Å². The van der Waals surface area contributed by atoms with E-state index < -0.39 is 17.7 Å². The minimum Gasteiger partial charge on any atom is -0.480 e. The largest absolute Gasteiger partial charge is 0.480 e. The van der Waals surface area contributed by atoms with Crippen molar-refractivity contribution < 1.29 is 19.1 Å². The maximum atomic E-state index is 13.9. The van der Waals surface area contributed by atoms with E-state index in [1.54, 1.807) is 4.90 Å². The third kappa shape index (κ3) is 4.31. The number of hydrogen-bond donors (Lipinski definition) is 2. The number of rotatable bonds is 7. The molecule has 1 aromatic rings. The van der Waals surface area contributed by atoms with Crippen LogP contribution in [0.4, 0.5) is 4.39 Å². The van der Waals surface area contributed by atoms with Gasteiger partial charge in [-0.1, -0.05) is 13.0 Å². The summed E-state index contributed by atoms with van der Waals surface area (Å²) in [6.07, 6.45) is 0.758. The molecule has 0 aliphatic rings. The second-order valence-electron chi connectivity index (χ2n) is 4.73. The fourth-order valence-electron chi connectivity index (χ4n) is 1.85. The molecule has 1 rings (SSSR count). The fourth-order valence-corrected chi connectivity index (χ4v) is 1.85. The smallest absolute Gasteiger partial charge is 0.317 e. The van der Waals surface area contributed by atoms with Gasteiger partial charge in [-0.15, -0.1) is 0 Å². The van der Waals surface area contributed by atoms with E-state index in [0.29, 0.717) is 5.56 Å². The molecule has 1 atom stereocenters. The zero-order valence-corrected chi connectivity index (χ0v) is 11.6. The molecule has 0 aromatic heterocycles. The van der Waals surface area contributed by atoms with Gasteiger partial charge < -0.3 is 10.8 Å². The van der Waals surface area contributed by atoms with Gasteiger partial charge in [0.15, 0.2) is 0 Å². The first-order valence-corrected chi connectivity index (χ1v) is 6.39. The number of halogens is 1. The van der Waals surface area contributed by atoms with E-state index >= 15 is 0 Å². The van der Waals surface area contributed by atoms with Crippen LogP contribution in [0.3, 0.4) is 0 Å². The molecule has 0 radical (unpaired) electrons. The van der Waals surface area contributed by atoms with E-state index in [0.717, 1.165) is 12.5 Å². The van der Waals surface area contributed by atoms with E-state index in [-0.39, 0.29) is 24.7 Å². The predicted molar refractivity (Wildman–Crippen MR) is 72.7 cm³/mol. The van der Waals surface area contributed by atoms with Crippen molar-refractivity contribution in [2.75, 3.05) is 6.54 Å². The van der Waals surface area contributed by atoms with Crippen LogP contribution in [0.1, 0.15) is 36.2 Å². The Labute approximate surface area is 117 Å². The summed E-state index contributed by atoms with van der Waals surface area (Å²) in [4.78, 5) is 23.5. The van der Waals surface area contributed by atoms with Crippen LogP contribution >= 0.6 is 0 Å². The summed E-state index contributed by atoms with van der Waals surface area (Å²) >= 11 is 0. The van der Waals surface area contributed by atoms with Crippen LogP contribution in [0.2, 0.25) is 0 Å². The molecule has 3 N–H and O–H groups in total. The summed E-state index contributed by atoms with van der Waals surface area (Å²) in [6, 6.07) is 4.00. The lowest BCUT2D eigenvalue weighted by Gasteiger charge is -2.26. The van der Waals surface area contributed by atoms with Crippen molar-refractivity contribution in [1.82, 2.24) is 4.90 Å². The van der Waals surface area contributed by atoms with E-state index in [4.69, 9.17) is 10.8 Å². The van der Waals surface area contributed by atoms with Gasteiger partial charge in [-0.3, -0.25) is 14.5 Å². The van der Waals surface area contributed by atoms with Crippen molar-refractivity contribution >= 4 is 11.9 Å². The van der Waals surface area contributed by atoms with Gasteiger partial charge in [0.1, 0.15) is 5.82 Å². The molecule has 0 saturated carbocycles. The van der Waals surface area contributed by atoms with Gasteiger partial charge in [0.05, 0.1) is 6.54 Å². The van der Waals surface area contributed by atoms with E-state index in [9.17, 15) is 14.0 Å². The van der Waals surface area contributed by atoms with Crippen LogP contribution in [0.25, 0.3) is 0 Å². The third-order valence-electron chi connectivity index (χ3n) is 3.26. The van der Waals surface area contributed by atoms with Crippen LogP contribution in [-0.2, 0) is 11.3 Å². The SMILES string of the molecule is CCC(C)N(CC(=O)O)Cc1ccc(C(N)=O)cc1F. The number of benzene rings is 1. The molecular formula is C14H19FN2O3. The molecule has 0 heterocycles. The number of carboxylic acids is 1. The summed E-state index contributed by atoms with van der Waals surface area (Å²) < 4.78 is 13.9. The lowest BCUT2D eigenvalue weighted by Crippen LogP contribution is -2.36. The number of nitrogens with zero attached hydrogens (tertiary/aromatic N) is 1. The first kappa shape index (κ1) is 16.1. The second-order valence-corrected chi connectivity index (χ2v) is 4.73. The Morgan fingerprint density at radius 1 is 1.45 bits per heavy atom. The number of carbonyl (C=O) groups excluding carboxylic acids is 1. The van der Waals surface area contributed by atoms with Gasteiger partial charge in [-0.05, 0) is 25.5 Å². The Kier molecular flexibility index (Phi) is 5.64. The lowest BCUT2D eigenvalue weighted by molar-refractivity contribution is -0.139. The molecular weight excluding hydrogens is 263 g/mol. The first-order chi connectivity index (χ1) is 9.35. The molecule has 0 saturated heterocycles. The first-order valence-electron chi connectivity index (χ1n) is 6.39. The minimum absolute atomic E-state index is 0.0151. The molecule has 110 valence electrons. The topological polar surface area (TPSA) is 83.6 Å². The van der Waals surface area contributed by atoms with Gasteiger partial charge >= 0.3 is 5.97 Å². The summed E-state index contributed by atoms with van der Waals surface area (Å²) in [5.74, 6) is -2.21. The van der Waals surface area contributed by atoms with Crippen LogP contribution in [0.15, 0.2) is 18.2 Å². The van der Waals surface area contributed by atoms with Crippen molar-refractivity contribution in [3.63, 3.8) is 0 Å². The standard InChI is InChI=1S/C14H19FN2O3/c1-3-9(2)17(8-13(18)19)7-11-5-4-10(14(16)20)6-12(11)15/h4-6,9H,3,7-8H2,1-2H3,(H2,16,20)(H,18,19). The Morgan fingerprint density at radius 3 is 2.55 bits per heavy atom. The van der Waals surface area contributed by atoms with Gasteiger partial charge in [0.25, 0.3) is 0 Å². The molecule has 5 nitrogen and oxygen atoms in total. The average molecular weight is 282 g/mol. The lowest BCUT2D eigenvalue weighted by atomic mass is 10.1. The Bertz CT molecular complexity index is 505. The van der Waals surface area contributed by atoms with Gasteiger partial charge in [0, 0.05) is 23.7 Å². The maximum absolute atomic E-state index is 13.9. The number of aliphatic carboxylic acids is 1. The molecule has 1 amide bonds. The highest BCUT2D eigenvalue weighted by molar-refractivity contribution is 5.92. The van der Waals surface area contributed by atoms with Crippen molar-refractivity contribution in [2.24, 2.45) is 5.73 Å². The van der Waals surface area contributed by atoms with Gasteiger partial charge in [-0.2, -0.15) is 0 Å². The molecule has 6 heteroatoms. The highest BCUT2D eigenvalue weighted by atomic mass is 19.1. The van der Waals surface area contributed by atoms with Crippen LogP contribution < -0.4 is 5.73 Å². The highest BCUT2D eigenvalue weighted by Crippen LogP contribution is 2.15. The normalized spacial score (nSPS) is 12.4. The molecule has 0 aliphatic heterocycles. The Morgan fingerprint density at radius 2 is 2.10 bits per heavy atom. The van der Waals surface area contributed by atoms with Gasteiger partial charge in [-0.25, -0.2) is 4.39 Å². The van der Waals surface area contributed by atoms with E-state index in [1.165, 1.54) is 12.1 Å². The monoisotopic (exact) mass is 282 g/mol. The van der Waals surface area contributed by atoms with Crippen LogP contribution in [0, 0.1) is 5.82 Å². The van der Waals surface area contributed by atoms with Crippen molar-refractivity contribution in [1.29, 1.82) is 0 Å². The summed E-state index contributed by atoms with van der Waals surface area (Å²) in [5, 5.41) is 8.90. The average Bonchev–Trinajstić information content (AvgIpc) is 2.38. The third-order valence-corrected chi connectivity index (χ3v) is 3.26. The summed E-state index contributed by atoms with van der Waals surface area (Å²) in [7, 11) is 0. The predicted octanol–water partition coefficient (Wildman–Crippen LogP) is 1.61. The number of nitrogens with two attached hydrogens (primary N) is 1. The summed E-state index contributed by atoms with van der Waals surface area (Å²) in [6.45, 7) is 3.84. The molecule has 0 aliphatic carbocycles. The Balaban J connectivity index is 2.93. The number of carboxylic acid groups (broad SMARTS) is 1. The maximum Gasteiger partial charge on any atom is 0.317 e. The molecule has 0 bridgehead atoms. The summed E-state index contributed by atoms with van der Waals surface area (Å²) in [5.41, 5.74) is 5.52. The Hall–Kier alpha value is -1.95. The zero-order valence-electron chi connectivity index (χ0n) is 11.6. The number of carbonyl (C=O) groups is 2. The molecule has 20 heavy (non-hydrogen) atoms. The van der Waals surface area contributed by atoms with E-state index in [2.05, 4.69) is 0 Å². The zero-order chi connectivity index (χ0) is 15.3. The number of hydrogen-bond acceptors (Lipinski definition) is 3. The number of primary amides is 1. The highest BCUT2D eigenvalue weighted by Gasteiger charge is 2.18. The fraction of sp³-hybridized carbons (Fsp3) is 0.429. The van der Waals surface area contributed by atoms with E-state index in [1.807, 2.05) is 13.8 Å². The van der Waals surface area contributed by atoms with Crippen LogP contribution in [-0.4, -0.2) is 34.5 Å². The molecule has 0 fully saturated rings. The van der Waals surface area contributed by atoms with Crippen LogP contribution in [0.5, 0.6) is 0 Å². The van der Waals surface area contributed by atoms with Crippen molar-refractivity contribution in [3.05, 3.63) is 35.1 Å². The molecule has 0 spiro atoms. The molecule has 1 aromatic carbocycles. The van der Waals surface area contributed by atoms with Gasteiger partial charge in [0.2, 0.25) is 5.91 Å². The minimum atomic E-state index is -0.959. The van der Waals surface area contributed by atoms with Crippen molar-refractivity contribution in [3.8, 4) is 0 Å². The second kappa shape index (κ2) is 7.00. The molecule has 1 unspecified atom stereocenters. The number of amides is 1. The quantitative estimate of drug-likeness (QED) is 0.795.